The first-order chi connectivity index (χ1) is 4.88. The minimum absolute atomic E-state index is 0.364. The van der Waals surface area contributed by atoms with Gasteiger partial charge in [0.05, 0.1) is 6.61 Å². The largest absolute Gasteiger partial charge is 0.368 e. The maximum Gasteiger partial charge on any atom is 0.105 e. The van der Waals surface area contributed by atoms with E-state index in [4.69, 9.17) is 4.74 Å². The van der Waals surface area contributed by atoms with Crippen molar-refractivity contribution in [2.45, 2.75) is 30.9 Å². The van der Waals surface area contributed by atoms with Crippen LogP contribution >= 0.6 is 0 Å². The molecule has 1 aliphatic carbocycles. The molecule has 0 aromatic heterocycles. The molecule has 10 heavy (non-hydrogen) atoms. The van der Waals surface area contributed by atoms with E-state index in [1.54, 1.807) is 0 Å². The highest BCUT2D eigenvalue weighted by Crippen LogP contribution is 2.41. The molecule has 3 fully saturated rings. The number of ether oxygens (including phenoxy) is 1. The highest BCUT2D eigenvalue weighted by Gasteiger charge is 2.52. The van der Waals surface area contributed by atoms with Gasteiger partial charge in [0.15, 0.2) is 0 Å². The minimum atomic E-state index is 0.364. The van der Waals surface area contributed by atoms with E-state index in [0.717, 1.165) is 12.6 Å². The Hall–Kier alpha value is -0.0800. The summed E-state index contributed by atoms with van der Waals surface area (Å²) in [5.41, 5.74) is 0.364. The third-order valence-electron chi connectivity index (χ3n) is 2.96. The number of likely N-dealkylation sites (tertiary alicyclic amines) is 1. The fourth-order valence-electron chi connectivity index (χ4n) is 1.96. The molecule has 1 spiro atoms. The van der Waals surface area contributed by atoms with Gasteiger partial charge in [-0.15, -0.1) is 0 Å². The molecule has 1 unspecified atom stereocenters. The molecule has 0 aromatic carbocycles. The second-order valence-electron chi connectivity index (χ2n) is 3.92. The van der Waals surface area contributed by atoms with Crippen LogP contribution in [0.25, 0.3) is 0 Å². The molecule has 0 bridgehead atoms. The van der Waals surface area contributed by atoms with Crippen LogP contribution in [0, 0.1) is 0 Å². The first-order valence-corrected chi connectivity index (χ1v) is 4.26. The summed E-state index contributed by atoms with van der Waals surface area (Å²) in [4.78, 5) is 2.60. The molecule has 3 aliphatic rings. The van der Waals surface area contributed by atoms with Gasteiger partial charge >= 0.3 is 0 Å². The maximum absolute atomic E-state index is 5.42. The lowest BCUT2D eigenvalue weighted by molar-refractivity contribution is 0.270. The molecule has 2 nitrogen and oxygen atoms in total. The summed E-state index contributed by atoms with van der Waals surface area (Å²) in [7, 11) is 0. The molecule has 2 aliphatic heterocycles. The van der Waals surface area contributed by atoms with Crippen molar-refractivity contribution in [2.75, 3.05) is 19.7 Å². The molecule has 2 heterocycles. The van der Waals surface area contributed by atoms with Gasteiger partial charge in [-0.25, -0.2) is 0 Å². The van der Waals surface area contributed by atoms with Crippen LogP contribution in [0.4, 0.5) is 0 Å². The lowest BCUT2D eigenvalue weighted by Crippen LogP contribution is -2.25. The highest BCUT2D eigenvalue weighted by atomic mass is 16.6. The standard InChI is InChI=1S/C8H13NO/c1-2-7(1)9-4-3-8(5-9)6-10-8/h7H,1-6H2. The summed E-state index contributed by atoms with van der Waals surface area (Å²) < 4.78 is 5.42. The predicted octanol–water partition coefficient (Wildman–Crippen LogP) is 0.623. The van der Waals surface area contributed by atoms with Gasteiger partial charge in [0.2, 0.25) is 0 Å². The minimum Gasteiger partial charge on any atom is -0.368 e. The molecule has 0 amide bonds. The van der Waals surface area contributed by atoms with E-state index in [-0.39, 0.29) is 0 Å². The Labute approximate surface area is 61.1 Å². The molecule has 56 valence electrons. The normalized spacial score (nSPS) is 46.8. The van der Waals surface area contributed by atoms with E-state index >= 15 is 0 Å². The topological polar surface area (TPSA) is 15.8 Å². The van der Waals surface area contributed by atoms with Crippen LogP contribution in [0.2, 0.25) is 0 Å². The lowest BCUT2D eigenvalue weighted by atomic mass is 10.1. The number of rotatable bonds is 1. The first kappa shape index (κ1) is 5.56. The zero-order chi connectivity index (χ0) is 6.60. The van der Waals surface area contributed by atoms with E-state index in [9.17, 15) is 0 Å². The van der Waals surface area contributed by atoms with Crippen LogP contribution in [-0.4, -0.2) is 36.2 Å². The van der Waals surface area contributed by atoms with Crippen LogP contribution in [0.15, 0.2) is 0 Å². The second-order valence-corrected chi connectivity index (χ2v) is 3.92. The summed E-state index contributed by atoms with van der Waals surface area (Å²) in [5.74, 6) is 0. The van der Waals surface area contributed by atoms with Gasteiger partial charge in [0.25, 0.3) is 0 Å². The molecular weight excluding hydrogens is 126 g/mol. The van der Waals surface area contributed by atoms with E-state index in [2.05, 4.69) is 4.90 Å². The van der Waals surface area contributed by atoms with Crippen LogP contribution in [-0.2, 0) is 4.74 Å². The van der Waals surface area contributed by atoms with Gasteiger partial charge in [-0.1, -0.05) is 0 Å². The number of hydrogen-bond acceptors (Lipinski definition) is 2. The Morgan fingerprint density at radius 2 is 2.20 bits per heavy atom. The summed E-state index contributed by atoms with van der Waals surface area (Å²) in [6.07, 6.45) is 4.18. The number of nitrogens with zero attached hydrogens (tertiary/aromatic N) is 1. The van der Waals surface area contributed by atoms with Gasteiger partial charge < -0.3 is 4.74 Å². The van der Waals surface area contributed by atoms with Crippen molar-refractivity contribution in [1.82, 2.24) is 4.90 Å². The molecule has 1 saturated carbocycles. The van der Waals surface area contributed by atoms with Gasteiger partial charge in [-0.2, -0.15) is 0 Å². The van der Waals surface area contributed by atoms with Gasteiger partial charge in [0.1, 0.15) is 5.60 Å². The molecule has 2 heteroatoms. The molecule has 0 radical (unpaired) electrons. The van der Waals surface area contributed by atoms with Crippen molar-refractivity contribution in [3.05, 3.63) is 0 Å². The molecule has 1 atom stereocenters. The fraction of sp³-hybridized carbons (Fsp3) is 1.00. The van der Waals surface area contributed by atoms with Crippen molar-refractivity contribution in [2.24, 2.45) is 0 Å². The number of hydrogen-bond donors (Lipinski definition) is 0. The summed E-state index contributed by atoms with van der Waals surface area (Å²) >= 11 is 0. The maximum atomic E-state index is 5.42. The Morgan fingerprint density at radius 3 is 2.70 bits per heavy atom. The molecule has 0 aromatic rings. The second kappa shape index (κ2) is 1.56. The third kappa shape index (κ3) is 0.722. The van der Waals surface area contributed by atoms with E-state index in [0.29, 0.717) is 5.60 Å². The summed E-state index contributed by atoms with van der Waals surface area (Å²) in [5, 5.41) is 0. The first-order valence-electron chi connectivity index (χ1n) is 4.26. The van der Waals surface area contributed by atoms with E-state index in [1.165, 1.54) is 32.4 Å². The fourth-order valence-corrected chi connectivity index (χ4v) is 1.96. The SMILES string of the molecule is C1CC1N1CCC2(CO2)C1. The highest BCUT2D eigenvalue weighted by molar-refractivity contribution is 5.03. The average molecular weight is 139 g/mol. The van der Waals surface area contributed by atoms with Gasteiger partial charge in [0, 0.05) is 19.1 Å². The van der Waals surface area contributed by atoms with Crippen LogP contribution in [0.1, 0.15) is 19.3 Å². The van der Waals surface area contributed by atoms with Crippen LogP contribution < -0.4 is 0 Å². The van der Waals surface area contributed by atoms with Crippen molar-refractivity contribution in [3.63, 3.8) is 0 Å². The van der Waals surface area contributed by atoms with Crippen molar-refractivity contribution in [1.29, 1.82) is 0 Å². The lowest BCUT2D eigenvalue weighted by Gasteiger charge is -2.12. The van der Waals surface area contributed by atoms with E-state index < -0.39 is 0 Å². The molecule has 3 rings (SSSR count). The zero-order valence-electron chi connectivity index (χ0n) is 6.18. The van der Waals surface area contributed by atoms with Crippen LogP contribution in [0.3, 0.4) is 0 Å². The van der Waals surface area contributed by atoms with Gasteiger partial charge in [-0.05, 0) is 19.3 Å². The van der Waals surface area contributed by atoms with Crippen LogP contribution in [0.5, 0.6) is 0 Å². The Bertz CT molecular complexity index is 161. The number of epoxide rings is 1. The Balaban J connectivity index is 1.69. The quantitative estimate of drug-likeness (QED) is 0.495. The van der Waals surface area contributed by atoms with Crippen molar-refractivity contribution in [3.8, 4) is 0 Å². The average Bonchev–Trinajstić information content (AvgIpc) is 2.73. The Kier molecular flexibility index (Phi) is 0.868. The molecular formula is C8H13NO. The summed E-state index contributed by atoms with van der Waals surface area (Å²) in [6, 6.07) is 0.948. The molecule has 0 N–H and O–H groups in total. The predicted molar refractivity (Wildman–Crippen MR) is 37.9 cm³/mol. The van der Waals surface area contributed by atoms with Crippen molar-refractivity contribution < 1.29 is 4.74 Å². The Morgan fingerprint density at radius 1 is 1.40 bits per heavy atom. The monoisotopic (exact) mass is 139 g/mol. The van der Waals surface area contributed by atoms with Crippen molar-refractivity contribution >= 4 is 0 Å². The van der Waals surface area contributed by atoms with Gasteiger partial charge in [-0.3, -0.25) is 4.90 Å². The smallest absolute Gasteiger partial charge is 0.105 e. The molecule has 2 saturated heterocycles. The third-order valence-corrected chi connectivity index (χ3v) is 2.96. The van der Waals surface area contributed by atoms with E-state index in [1.807, 2.05) is 0 Å². The zero-order valence-corrected chi connectivity index (χ0v) is 6.18. The summed E-state index contributed by atoms with van der Waals surface area (Å²) in [6.45, 7) is 3.57.